The number of hydrogen-bond donors (Lipinski definition) is 1. The second-order valence-corrected chi connectivity index (χ2v) is 13.8. The van der Waals surface area contributed by atoms with Crippen molar-refractivity contribution >= 4 is 27.5 Å². The van der Waals surface area contributed by atoms with Gasteiger partial charge in [0.1, 0.15) is 12.6 Å². The highest BCUT2D eigenvalue weighted by atomic mass is 32.2. The van der Waals surface area contributed by atoms with Crippen molar-refractivity contribution in [3.63, 3.8) is 0 Å². The summed E-state index contributed by atoms with van der Waals surface area (Å²) in [6.45, 7) is 7.08. The van der Waals surface area contributed by atoms with E-state index in [0.717, 1.165) is 58.7 Å². The summed E-state index contributed by atoms with van der Waals surface area (Å²) >= 11 is 0. The molecule has 1 saturated carbocycles. The van der Waals surface area contributed by atoms with Crippen molar-refractivity contribution in [3.8, 4) is 11.5 Å². The van der Waals surface area contributed by atoms with Crippen molar-refractivity contribution in [1.82, 2.24) is 10.2 Å². The molecule has 1 aliphatic rings. The van der Waals surface area contributed by atoms with E-state index < -0.39 is 28.5 Å². The Hall–Kier alpha value is -4.05. The Morgan fingerprint density at radius 1 is 0.844 bits per heavy atom. The molecule has 3 aromatic rings. The fraction of sp³-hybridized carbons (Fsp3) is 0.429. The average molecular weight is 636 g/mol. The van der Waals surface area contributed by atoms with Crippen LogP contribution in [-0.4, -0.2) is 58.0 Å². The second-order valence-electron chi connectivity index (χ2n) is 11.9. The SMILES string of the molecule is COc1ccc(S(=O)(=O)N(CC(=O)N(Cc2ccc(C)cc2)[C@H](C)C(=O)NC2CCCCC2)c2cc(C)cc(C)c2)cc1OC. The number of hydrogen-bond acceptors (Lipinski definition) is 6. The number of amides is 2. The van der Waals surface area contributed by atoms with Crippen LogP contribution in [0, 0.1) is 20.8 Å². The molecule has 9 nitrogen and oxygen atoms in total. The van der Waals surface area contributed by atoms with Crippen molar-refractivity contribution in [1.29, 1.82) is 0 Å². The van der Waals surface area contributed by atoms with Gasteiger partial charge < -0.3 is 19.7 Å². The van der Waals surface area contributed by atoms with Gasteiger partial charge in [0.2, 0.25) is 11.8 Å². The first kappa shape index (κ1) is 33.8. The van der Waals surface area contributed by atoms with E-state index in [1.807, 2.05) is 51.1 Å². The maximum absolute atomic E-state index is 14.3. The lowest BCUT2D eigenvalue weighted by atomic mass is 9.95. The number of anilines is 1. The van der Waals surface area contributed by atoms with E-state index in [1.165, 1.54) is 37.3 Å². The van der Waals surface area contributed by atoms with Gasteiger partial charge in [-0.3, -0.25) is 13.9 Å². The Balaban J connectivity index is 1.73. The molecule has 242 valence electrons. The molecular weight excluding hydrogens is 590 g/mol. The third-order valence-electron chi connectivity index (χ3n) is 8.31. The minimum Gasteiger partial charge on any atom is -0.493 e. The van der Waals surface area contributed by atoms with Crippen LogP contribution in [0.15, 0.2) is 65.6 Å². The van der Waals surface area contributed by atoms with Gasteiger partial charge in [-0.05, 0) is 81.5 Å². The maximum Gasteiger partial charge on any atom is 0.264 e. The van der Waals surface area contributed by atoms with Gasteiger partial charge in [-0.25, -0.2) is 8.42 Å². The van der Waals surface area contributed by atoms with Crippen molar-refractivity contribution in [2.45, 2.75) is 83.3 Å². The second kappa shape index (κ2) is 14.8. The van der Waals surface area contributed by atoms with Crippen LogP contribution in [0.2, 0.25) is 0 Å². The number of carbonyl (C=O) groups is 2. The van der Waals surface area contributed by atoms with E-state index >= 15 is 0 Å². The summed E-state index contributed by atoms with van der Waals surface area (Å²) in [7, 11) is -1.37. The molecule has 0 bridgehead atoms. The lowest BCUT2D eigenvalue weighted by Crippen LogP contribution is -2.53. The molecule has 0 aromatic heterocycles. The molecule has 0 saturated heterocycles. The standard InChI is InChI=1S/C35H45N3O6S/c1-24-12-14-28(15-13-24)22-37(27(4)35(40)36-29-10-8-7-9-11-29)34(39)23-38(30-19-25(2)18-26(3)20-30)45(41,42)31-16-17-32(43-5)33(21-31)44-6/h12-21,27,29H,7-11,22-23H2,1-6H3,(H,36,40)/t27-/m1/s1. The predicted octanol–water partition coefficient (Wildman–Crippen LogP) is 5.69. The van der Waals surface area contributed by atoms with Gasteiger partial charge in [0.25, 0.3) is 10.0 Å². The maximum atomic E-state index is 14.3. The molecule has 1 fully saturated rings. The zero-order valence-electron chi connectivity index (χ0n) is 27.1. The summed E-state index contributed by atoms with van der Waals surface area (Å²) in [6, 6.07) is 16.7. The monoisotopic (exact) mass is 635 g/mol. The van der Waals surface area contributed by atoms with Crippen LogP contribution in [0.4, 0.5) is 5.69 Å². The van der Waals surface area contributed by atoms with Gasteiger partial charge in [0, 0.05) is 18.7 Å². The van der Waals surface area contributed by atoms with E-state index in [4.69, 9.17) is 9.47 Å². The highest BCUT2D eigenvalue weighted by Crippen LogP contribution is 2.33. The molecule has 1 atom stereocenters. The highest BCUT2D eigenvalue weighted by Gasteiger charge is 2.34. The smallest absolute Gasteiger partial charge is 0.264 e. The van der Waals surface area contributed by atoms with Gasteiger partial charge in [-0.15, -0.1) is 0 Å². The minimum atomic E-state index is -4.27. The molecule has 4 rings (SSSR count). The number of aryl methyl sites for hydroxylation is 3. The molecule has 1 N–H and O–H groups in total. The van der Waals surface area contributed by atoms with Gasteiger partial charge in [-0.2, -0.15) is 0 Å². The number of rotatable bonds is 12. The van der Waals surface area contributed by atoms with Crippen LogP contribution in [0.5, 0.6) is 11.5 Å². The lowest BCUT2D eigenvalue weighted by Gasteiger charge is -2.33. The summed E-state index contributed by atoms with van der Waals surface area (Å²) in [4.78, 5) is 29.3. The van der Waals surface area contributed by atoms with Crippen LogP contribution < -0.4 is 19.1 Å². The summed E-state index contributed by atoms with van der Waals surface area (Å²) in [5, 5.41) is 3.14. The Bertz CT molecular complexity index is 1580. The Morgan fingerprint density at radius 2 is 1.47 bits per heavy atom. The first-order valence-electron chi connectivity index (χ1n) is 15.4. The predicted molar refractivity (Wildman–Crippen MR) is 176 cm³/mol. The average Bonchev–Trinajstić information content (AvgIpc) is 3.02. The van der Waals surface area contributed by atoms with Gasteiger partial charge in [-0.1, -0.05) is 55.2 Å². The summed E-state index contributed by atoms with van der Waals surface area (Å²) in [6.07, 6.45) is 5.10. The Kier molecular flexibility index (Phi) is 11.1. The quantitative estimate of drug-likeness (QED) is 0.274. The Labute approximate surface area is 267 Å². The number of nitrogens with one attached hydrogen (secondary N) is 1. The molecule has 0 radical (unpaired) electrons. The van der Waals surface area contributed by atoms with Gasteiger partial charge >= 0.3 is 0 Å². The van der Waals surface area contributed by atoms with Crippen LogP contribution in [0.3, 0.4) is 0 Å². The topological polar surface area (TPSA) is 105 Å². The molecule has 10 heteroatoms. The van der Waals surface area contributed by atoms with Gasteiger partial charge in [0.05, 0.1) is 24.8 Å². The van der Waals surface area contributed by atoms with Crippen LogP contribution in [-0.2, 0) is 26.2 Å². The molecule has 0 aliphatic heterocycles. The van der Waals surface area contributed by atoms with E-state index in [2.05, 4.69) is 5.32 Å². The largest absolute Gasteiger partial charge is 0.493 e. The number of nitrogens with zero attached hydrogens (tertiary/aromatic N) is 2. The number of sulfonamides is 1. The molecule has 3 aromatic carbocycles. The highest BCUT2D eigenvalue weighted by molar-refractivity contribution is 7.92. The molecule has 0 heterocycles. The van der Waals surface area contributed by atoms with Crippen molar-refractivity contribution in [2.24, 2.45) is 0 Å². The molecule has 45 heavy (non-hydrogen) atoms. The third kappa shape index (κ3) is 8.36. The number of methoxy groups -OCH3 is 2. The fourth-order valence-electron chi connectivity index (χ4n) is 5.77. The number of carbonyl (C=O) groups excluding carboxylic acids is 2. The number of ether oxygens (including phenoxy) is 2. The zero-order valence-corrected chi connectivity index (χ0v) is 27.9. The first-order valence-corrected chi connectivity index (χ1v) is 16.9. The summed E-state index contributed by atoms with van der Waals surface area (Å²) in [5.41, 5.74) is 3.96. The van der Waals surface area contributed by atoms with Gasteiger partial charge in [0.15, 0.2) is 11.5 Å². The molecule has 0 spiro atoms. The van der Waals surface area contributed by atoms with Crippen molar-refractivity contribution < 1.29 is 27.5 Å². The summed E-state index contributed by atoms with van der Waals surface area (Å²) in [5.74, 6) is -0.111. The van der Waals surface area contributed by atoms with Crippen LogP contribution in [0.1, 0.15) is 61.3 Å². The first-order chi connectivity index (χ1) is 21.4. The minimum absolute atomic E-state index is 0.0553. The fourth-order valence-corrected chi connectivity index (χ4v) is 7.18. The molecule has 1 aliphatic carbocycles. The zero-order chi connectivity index (χ0) is 32.7. The third-order valence-corrected chi connectivity index (χ3v) is 10.1. The van der Waals surface area contributed by atoms with Crippen molar-refractivity contribution in [3.05, 3.63) is 82.9 Å². The Morgan fingerprint density at radius 3 is 2.07 bits per heavy atom. The van der Waals surface area contributed by atoms with Crippen molar-refractivity contribution in [2.75, 3.05) is 25.1 Å². The van der Waals surface area contributed by atoms with Crippen LogP contribution >= 0.6 is 0 Å². The molecule has 0 unspecified atom stereocenters. The molecular formula is C35H45N3O6S. The van der Waals surface area contributed by atoms with E-state index in [0.29, 0.717) is 11.4 Å². The lowest BCUT2D eigenvalue weighted by molar-refractivity contribution is -0.139. The normalized spacial score (nSPS) is 14.4. The molecule has 2 amide bonds. The summed E-state index contributed by atoms with van der Waals surface area (Å²) < 4.78 is 40.5. The number of benzene rings is 3. The van der Waals surface area contributed by atoms with E-state index in [-0.39, 0.29) is 29.1 Å². The van der Waals surface area contributed by atoms with E-state index in [1.54, 1.807) is 19.1 Å². The van der Waals surface area contributed by atoms with Crippen LogP contribution in [0.25, 0.3) is 0 Å². The van der Waals surface area contributed by atoms with E-state index in [9.17, 15) is 18.0 Å².